The number of aryl methyl sites for hydroxylation is 1. The second kappa shape index (κ2) is 14.9. The Morgan fingerprint density at radius 3 is 2.63 bits per heavy atom. The number of hydrogen-bond acceptors (Lipinski definition) is 5. The van der Waals surface area contributed by atoms with Crippen molar-refractivity contribution in [3.63, 3.8) is 0 Å². The molecule has 1 amide bonds. The van der Waals surface area contributed by atoms with Gasteiger partial charge < -0.3 is 21.7 Å². The predicted molar refractivity (Wildman–Crippen MR) is 156 cm³/mol. The van der Waals surface area contributed by atoms with Gasteiger partial charge in [-0.25, -0.2) is 10.5 Å². The van der Waals surface area contributed by atoms with Gasteiger partial charge in [0.1, 0.15) is 11.7 Å². The van der Waals surface area contributed by atoms with Gasteiger partial charge in [-0.1, -0.05) is 38.8 Å². The van der Waals surface area contributed by atoms with Crippen LogP contribution in [-0.4, -0.2) is 43.9 Å². The summed E-state index contributed by atoms with van der Waals surface area (Å²) in [5.74, 6) is 3.30. The maximum atomic E-state index is 12.2. The fraction of sp³-hybridized carbons (Fsp3) is 0.621. The lowest BCUT2D eigenvalue weighted by Crippen LogP contribution is -2.41. The quantitative estimate of drug-likeness (QED) is 0.184. The van der Waals surface area contributed by atoms with Crippen molar-refractivity contribution in [2.45, 2.75) is 78.2 Å². The van der Waals surface area contributed by atoms with Crippen molar-refractivity contribution in [2.24, 2.45) is 33.5 Å². The van der Waals surface area contributed by atoms with Gasteiger partial charge in [0.2, 0.25) is 5.96 Å². The lowest BCUT2D eigenvalue weighted by atomic mass is 9.81. The second-order valence-corrected chi connectivity index (χ2v) is 10.9. The number of nitrogens with two attached hydrogens (primary N) is 1. The molecule has 9 nitrogen and oxygen atoms in total. The minimum absolute atomic E-state index is 0.318. The van der Waals surface area contributed by atoms with Crippen LogP contribution in [0.1, 0.15) is 81.1 Å². The highest BCUT2D eigenvalue weighted by atomic mass is 16.6. The summed E-state index contributed by atoms with van der Waals surface area (Å²) in [7, 11) is 1.41. The summed E-state index contributed by atoms with van der Waals surface area (Å²) in [6.45, 7) is 12.0. The molecule has 3 rings (SSSR count). The van der Waals surface area contributed by atoms with Crippen molar-refractivity contribution in [3.8, 4) is 0 Å². The molecule has 0 aromatic heterocycles. The third kappa shape index (κ3) is 9.13. The van der Waals surface area contributed by atoms with Crippen LogP contribution in [0.3, 0.4) is 0 Å². The average molecular weight is 526 g/mol. The number of nitrogens with one attached hydrogen (secondary N) is 4. The third-order valence-electron chi connectivity index (χ3n) is 7.79. The van der Waals surface area contributed by atoms with Crippen LogP contribution in [0.2, 0.25) is 0 Å². The Labute approximate surface area is 228 Å². The van der Waals surface area contributed by atoms with Gasteiger partial charge in [-0.3, -0.25) is 9.63 Å². The molecule has 0 saturated heterocycles. The van der Waals surface area contributed by atoms with Gasteiger partial charge >= 0.3 is 0 Å². The highest BCUT2D eigenvalue weighted by molar-refractivity contribution is 5.96. The van der Waals surface area contributed by atoms with Crippen molar-refractivity contribution in [2.75, 3.05) is 25.5 Å². The summed E-state index contributed by atoms with van der Waals surface area (Å²) in [4.78, 5) is 26.5. The number of rotatable bonds is 9. The Morgan fingerprint density at radius 2 is 1.89 bits per heavy atom. The van der Waals surface area contributed by atoms with Crippen molar-refractivity contribution < 1.29 is 9.63 Å². The number of hydroxylamine groups is 1. The standard InChI is InChI=1S/C29H47N7O2/c1-19-9-6-7-12-26(19)35-29(33-21(3)31-18-24-11-8-10-23(15-24)17-30)34-22(4)32-27-16-25(14-13-20(27)2)28(37)36-38-5/h13-14,16,19,23-24,26,32H,4,6-12,15,17-18,30H2,1-3,5H3,(H,36,37)(H2,31,33,34,35). The number of benzene rings is 1. The second-order valence-electron chi connectivity index (χ2n) is 10.9. The molecule has 6 N–H and O–H groups in total. The zero-order valence-corrected chi connectivity index (χ0v) is 23.6. The number of aliphatic imine (C=N–C) groups is 2. The number of guanidine groups is 1. The Bertz CT molecular complexity index is 1010. The highest BCUT2D eigenvalue weighted by Crippen LogP contribution is 2.28. The van der Waals surface area contributed by atoms with E-state index < -0.39 is 0 Å². The molecule has 9 heteroatoms. The van der Waals surface area contributed by atoms with Gasteiger partial charge in [0.05, 0.1) is 7.11 Å². The van der Waals surface area contributed by atoms with E-state index >= 15 is 0 Å². The number of amidine groups is 1. The average Bonchev–Trinajstić information content (AvgIpc) is 2.90. The van der Waals surface area contributed by atoms with Gasteiger partial charge in [0.15, 0.2) is 0 Å². The van der Waals surface area contributed by atoms with Crippen LogP contribution in [-0.2, 0) is 4.84 Å². The molecule has 1 aromatic rings. The van der Waals surface area contributed by atoms with Crippen LogP contribution in [0.4, 0.5) is 5.69 Å². The summed E-state index contributed by atoms with van der Waals surface area (Å²) in [6.07, 6.45) is 9.67. The predicted octanol–water partition coefficient (Wildman–Crippen LogP) is 4.47. The van der Waals surface area contributed by atoms with Crippen LogP contribution in [0.25, 0.3) is 0 Å². The molecule has 1 aromatic carbocycles. The van der Waals surface area contributed by atoms with Crippen molar-refractivity contribution >= 4 is 23.4 Å². The first-order chi connectivity index (χ1) is 18.3. The first-order valence-electron chi connectivity index (χ1n) is 14.0. The molecule has 2 saturated carbocycles. The van der Waals surface area contributed by atoms with E-state index in [1.165, 1.54) is 52.1 Å². The van der Waals surface area contributed by atoms with Crippen molar-refractivity contribution in [1.82, 2.24) is 16.1 Å². The molecule has 0 spiro atoms. The molecule has 0 radical (unpaired) electrons. The fourth-order valence-corrected chi connectivity index (χ4v) is 5.44. The number of carbonyl (C=O) groups is 1. The van der Waals surface area contributed by atoms with Gasteiger partial charge in [-0.15, -0.1) is 0 Å². The topological polar surface area (TPSA) is 125 Å². The lowest BCUT2D eigenvalue weighted by Gasteiger charge is -2.30. The van der Waals surface area contributed by atoms with E-state index in [9.17, 15) is 4.79 Å². The summed E-state index contributed by atoms with van der Waals surface area (Å²) >= 11 is 0. The Morgan fingerprint density at radius 1 is 1.13 bits per heavy atom. The molecule has 2 fully saturated rings. The van der Waals surface area contributed by atoms with Gasteiger partial charge in [0.25, 0.3) is 5.91 Å². The maximum absolute atomic E-state index is 12.2. The van der Waals surface area contributed by atoms with E-state index in [1.54, 1.807) is 12.1 Å². The van der Waals surface area contributed by atoms with Crippen LogP contribution in [0.15, 0.2) is 40.6 Å². The summed E-state index contributed by atoms with van der Waals surface area (Å²) < 4.78 is 0. The zero-order chi connectivity index (χ0) is 27.5. The lowest BCUT2D eigenvalue weighted by molar-refractivity contribution is 0.0537. The molecule has 0 heterocycles. The summed E-state index contributed by atoms with van der Waals surface area (Å²) in [5.41, 5.74) is 10.5. The van der Waals surface area contributed by atoms with Gasteiger partial charge in [0, 0.05) is 23.8 Å². The summed E-state index contributed by atoms with van der Waals surface area (Å²) in [6, 6.07) is 5.70. The summed E-state index contributed by atoms with van der Waals surface area (Å²) in [5, 5.41) is 10.4. The Balaban J connectivity index is 1.73. The minimum atomic E-state index is -0.319. The number of carbonyl (C=O) groups excluding carboxylic acids is 1. The van der Waals surface area contributed by atoms with E-state index in [0.717, 1.165) is 36.6 Å². The molecule has 2 aliphatic rings. The first-order valence-corrected chi connectivity index (χ1v) is 14.0. The number of anilines is 1. The molecule has 2 aliphatic carbocycles. The maximum Gasteiger partial charge on any atom is 0.274 e. The number of hydrogen-bond donors (Lipinski definition) is 5. The molecule has 4 unspecified atom stereocenters. The van der Waals surface area contributed by atoms with E-state index in [0.29, 0.717) is 41.1 Å². The zero-order valence-electron chi connectivity index (χ0n) is 23.6. The van der Waals surface area contributed by atoms with E-state index in [1.807, 2.05) is 19.9 Å². The number of nitrogens with zero attached hydrogens (tertiary/aromatic N) is 2. The first kappa shape index (κ1) is 29.6. The molecule has 0 bridgehead atoms. The molecular weight excluding hydrogens is 478 g/mol. The SMILES string of the molecule is C=C(/N=C(\N=C(/C)NCC1CCCC(CN)C1)NC1CCCCC1C)Nc1cc(C(=O)NOC)ccc1C. The van der Waals surface area contributed by atoms with E-state index in [4.69, 9.17) is 20.6 Å². The monoisotopic (exact) mass is 525 g/mol. The van der Waals surface area contributed by atoms with E-state index in [2.05, 4.69) is 34.9 Å². The van der Waals surface area contributed by atoms with Crippen LogP contribution in [0.5, 0.6) is 0 Å². The molecule has 0 aliphatic heterocycles. The highest BCUT2D eigenvalue weighted by Gasteiger charge is 2.23. The van der Waals surface area contributed by atoms with Crippen LogP contribution < -0.4 is 27.2 Å². The van der Waals surface area contributed by atoms with Crippen molar-refractivity contribution in [3.05, 3.63) is 41.7 Å². The largest absolute Gasteiger partial charge is 0.373 e. The minimum Gasteiger partial charge on any atom is -0.373 e. The molecule has 210 valence electrons. The third-order valence-corrected chi connectivity index (χ3v) is 7.79. The van der Waals surface area contributed by atoms with Gasteiger partial charge in [-0.05, 0) is 87.9 Å². The number of amides is 1. The van der Waals surface area contributed by atoms with Crippen LogP contribution >= 0.6 is 0 Å². The molecule has 4 atom stereocenters. The van der Waals surface area contributed by atoms with Gasteiger partial charge in [-0.2, -0.15) is 4.99 Å². The van der Waals surface area contributed by atoms with E-state index in [-0.39, 0.29) is 5.91 Å². The van der Waals surface area contributed by atoms with Crippen molar-refractivity contribution in [1.29, 1.82) is 0 Å². The normalized spacial score (nSPS) is 24.4. The fourth-order valence-electron chi connectivity index (χ4n) is 5.44. The molecule has 38 heavy (non-hydrogen) atoms. The molecular formula is C29H47N7O2. The van der Waals surface area contributed by atoms with Crippen LogP contribution in [0, 0.1) is 24.7 Å². The smallest absolute Gasteiger partial charge is 0.274 e. The Hall–Kier alpha value is -2.91. The Kier molecular flexibility index (Phi) is 11.6.